The maximum atomic E-state index is 12.2. The highest BCUT2D eigenvalue weighted by Gasteiger charge is 2.11. The Morgan fingerprint density at radius 2 is 1.92 bits per heavy atom. The number of imidazole rings is 1. The number of hydrogen-bond donors (Lipinski definition) is 2. The van der Waals surface area contributed by atoms with Gasteiger partial charge in [-0.15, -0.1) is 0 Å². The molecule has 3 rings (SSSR count). The Morgan fingerprint density at radius 1 is 1.20 bits per heavy atom. The van der Waals surface area contributed by atoms with Crippen molar-refractivity contribution in [3.8, 4) is 5.75 Å². The first kappa shape index (κ1) is 16.7. The van der Waals surface area contributed by atoms with Crippen LogP contribution in [0.4, 0.5) is 0 Å². The van der Waals surface area contributed by atoms with E-state index in [-0.39, 0.29) is 18.1 Å². The zero-order chi connectivity index (χ0) is 17.8. The van der Waals surface area contributed by atoms with Gasteiger partial charge in [-0.1, -0.05) is 19.1 Å². The van der Waals surface area contributed by atoms with Crippen LogP contribution in [0.5, 0.6) is 5.75 Å². The number of nitrogens with zero attached hydrogens (tertiary/aromatic N) is 3. The van der Waals surface area contributed by atoms with Crippen LogP contribution in [0.1, 0.15) is 24.7 Å². The maximum Gasteiger partial charge on any atom is 0.247 e. The normalized spacial score (nSPS) is 11.7. The van der Waals surface area contributed by atoms with Crippen molar-refractivity contribution in [1.82, 2.24) is 15.0 Å². The lowest BCUT2D eigenvalue weighted by Gasteiger charge is -2.06. The van der Waals surface area contributed by atoms with Gasteiger partial charge in [0, 0.05) is 7.05 Å². The molecule has 2 N–H and O–H groups in total. The number of carbonyl (C=O) groups excluding carboxylic acids is 1. The Labute approximate surface area is 145 Å². The van der Waals surface area contributed by atoms with Gasteiger partial charge in [0.25, 0.3) is 0 Å². The number of para-hydroxylation sites is 2. The smallest absolute Gasteiger partial charge is 0.247 e. The average molecular weight is 336 g/mol. The van der Waals surface area contributed by atoms with Crippen molar-refractivity contribution in [2.45, 2.75) is 19.8 Å². The van der Waals surface area contributed by atoms with Crippen molar-refractivity contribution >= 4 is 22.7 Å². The van der Waals surface area contributed by atoms with Crippen LogP contribution in [0.25, 0.3) is 11.0 Å². The number of rotatable bonds is 5. The van der Waals surface area contributed by atoms with Gasteiger partial charge in [0.1, 0.15) is 11.6 Å². The highest BCUT2D eigenvalue weighted by atomic mass is 16.3. The number of fused-ring (bicyclic) bond motifs is 1. The van der Waals surface area contributed by atoms with Crippen molar-refractivity contribution in [3.05, 3.63) is 59.9 Å². The Morgan fingerprint density at radius 3 is 2.60 bits per heavy atom. The van der Waals surface area contributed by atoms with Crippen LogP contribution in [-0.4, -0.2) is 26.3 Å². The molecule has 1 aromatic heterocycles. The first-order chi connectivity index (χ1) is 12.1. The van der Waals surface area contributed by atoms with Gasteiger partial charge in [-0.3, -0.25) is 4.79 Å². The molecule has 0 spiro atoms. The standard InChI is InChI=1S/C19H20N4O2/c1-3-15(13-8-10-14(24)11-9-13)21-22-19(25)12-18-20-16-6-4-5-7-17(16)23(18)2/h4-11,24H,3,12H2,1-2H3,(H,22,25). The van der Waals surface area contributed by atoms with Gasteiger partial charge < -0.3 is 9.67 Å². The fourth-order valence-electron chi connectivity index (χ4n) is 2.67. The van der Waals surface area contributed by atoms with Gasteiger partial charge in [-0.05, 0) is 48.4 Å². The quantitative estimate of drug-likeness (QED) is 0.555. The lowest BCUT2D eigenvalue weighted by atomic mass is 10.1. The third kappa shape index (κ3) is 3.68. The fourth-order valence-corrected chi connectivity index (χ4v) is 2.67. The zero-order valence-electron chi connectivity index (χ0n) is 14.2. The van der Waals surface area contributed by atoms with Crippen LogP contribution in [0.15, 0.2) is 53.6 Å². The Balaban J connectivity index is 1.72. The Kier molecular flexibility index (Phi) is 4.79. The molecule has 128 valence electrons. The van der Waals surface area contributed by atoms with Gasteiger partial charge in [0.05, 0.1) is 23.2 Å². The summed E-state index contributed by atoms with van der Waals surface area (Å²) in [6.45, 7) is 1.96. The average Bonchev–Trinajstić information content (AvgIpc) is 2.93. The topological polar surface area (TPSA) is 79.5 Å². The molecule has 25 heavy (non-hydrogen) atoms. The summed E-state index contributed by atoms with van der Waals surface area (Å²) in [7, 11) is 1.90. The van der Waals surface area contributed by atoms with Crippen LogP contribution in [-0.2, 0) is 18.3 Å². The Hall–Kier alpha value is -3.15. The van der Waals surface area contributed by atoms with Crippen molar-refractivity contribution in [2.75, 3.05) is 0 Å². The molecule has 1 amide bonds. The number of benzene rings is 2. The molecule has 0 aliphatic rings. The molecule has 0 atom stereocenters. The van der Waals surface area contributed by atoms with E-state index >= 15 is 0 Å². The van der Waals surface area contributed by atoms with E-state index in [1.54, 1.807) is 24.3 Å². The predicted octanol–water partition coefficient (Wildman–Crippen LogP) is 2.75. The second-order valence-electron chi connectivity index (χ2n) is 5.75. The molecule has 6 nitrogen and oxygen atoms in total. The molecule has 6 heteroatoms. The van der Waals surface area contributed by atoms with Gasteiger partial charge in [-0.2, -0.15) is 5.10 Å². The molecule has 1 heterocycles. The minimum absolute atomic E-state index is 0.154. The van der Waals surface area contributed by atoms with Crippen LogP contribution in [0, 0.1) is 0 Å². The van der Waals surface area contributed by atoms with Gasteiger partial charge in [0.2, 0.25) is 5.91 Å². The molecule has 0 fully saturated rings. The molecular weight excluding hydrogens is 316 g/mol. The summed E-state index contributed by atoms with van der Waals surface area (Å²) >= 11 is 0. The number of carbonyl (C=O) groups is 1. The van der Waals surface area contributed by atoms with Crippen LogP contribution in [0.2, 0.25) is 0 Å². The molecule has 3 aromatic rings. The van der Waals surface area contributed by atoms with E-state index < -0.39 is 0 Å². The van der Waals surface area contributed by atoms with Crippen LogP contribution >= 0.6 is 0 Å². The molecule has 0 radical (unpaired) electrons. The number of amides is 1. The van der Waals surface area contributed by atoms with E-state index in [1.807, 2.05) is 42.8 Å². The summed E-state index contributed by atoms with van der Waals surface area (Å²) in [6, 6.07) is 14.5. The summed E-state index contributed by atoms with van der Waals surface area (Å²) in [6.07, 6.45) is 0.818. The second kappa shape index (κ2) is 7.17. The minimum atomic E-state index is -0.219. The number of hydrogen-bond acceptors (Lipinski definition) is 4. The second-order valence-corrected chi connectivity index (χ2v) is 5.75. The summed E-state index contributed by atoms with van der Waals surface area (Å²) in [5.41, 5.74) is 6.08. The van der Waals surface area contributed by atoms with Gasteiger partial charge in [0.15, 0.2) is 0 Å². The van der Waals surface area contributed by atoms with Gasteiger partial charge >= 0.3 is 0 Å². The highest BCUT2D eigenvalue weighted by molar-refractivity contribution is 6.01. The SMILES string of the molecule is CCC(=NNC(=O)Cc1nc2ccccc2n1C)c1ccc(O)cc1. The predicted molar refractivity (Wildman–Crippen MR) is 97.5 cm³/mol. The number of aryl methyl sites for hydroxylation is 1. The van der Waals surface area contributed by atoms with Crippen LogP contribution < -0.4 is 5.43 Å². The van der Waals surface area contributed by atoms with E-state index in [4.69, 9.17) is 0 Å². The van der Waals surface area contributed by atoms with Crippen molar-refractivity contribution in [3.63, 3.8) is 0 Å². The Bertz CT molecular complexity index is 926. The lowest BCUT2D eigenvalue weighted by Crippen LogP contribution is -2.23. The zero-order valence-corrected chi connectivity index (χ0v) is 14.2. The van der Waals surface area contributed by atoms with Gasteiger partial charge in [-0.25, -0.2) is 10.4 Å². The van der Waals surface area contributed by atoms with E-state index in [1.165, 1.54) is 0 Å². The fraction of sp³-hybridized carbons (Fsp3) is 0.211. The maximum absolute atomic E-state index is 12.2. The number of aromatic hydroxyl groups is 1. The summed E-state index contributed by atoms with van der Waals surface area (Å²) in [4.78, 5) is 16.7. The first-order valence-electron chi connectivity index (χ1n) is 8.13. The summed E-state index contributed by atoms with van der Waals surface area (Å²) < 4.78 is 1.92. The molecular formula is C19H20N4O2. The first-order valence-corrected chi connectivity index (χ1v) is 8.13. The third-order valence-corrected chi connectivity index (χ3v) is 4.05. The molecule has 0 aliphatic carbocycles. The molecule has 0 unspecified atom stereocenters. The van der Waals surface area contributed by atoms with Crippen molar-refractivity contribution in [1.29, 1.82) is 0 Å². The van der Waals surface area contributed by atoms with E-state index in [0.29, 0.717) is 12.2 Å². The molecule has 2 aromatic carbocycles. The van der Waals surface area contributed by atoms with Crippen LogP contribution in [0.3, 0.4) is 0 Å². The largest absolute Gasteiger partial charge is 0.508 e. The van der Waals surface area contributed by atoms with E-state index in [0.717, 1.165) is 22.3 Å². The lowest BCUT2D eigenvalue weighted by molar-refractivity contribution is -0.120. The number of nitrogens with one attached hydrogen (secondary N) is 1. The molecule has 0 saturated heterocycles. The van der Waals surface area contributed by atoms with E-state index in [9.17, 15) is 9.90 Å². The van der Waals surface area contributed by atoms with Crippen molar-refractivity contribution in [2.24, 2.45) is 12.1 Å². The number of aromatic nitrogens is 2. The summed E-state index contributed by atoms with van der Waals surface area (Å²) in [5, 5.41) is 13.6. The monoisotopic (exact) mass is 336 g/mol. The highest BCUT2D eigenvalue weighted by Crippen LogP contribution is 2.15. The summed E-state index contributed by atoms with van der Waals surface area (Å²) in [5.74, 6) is 0.671. The molecule has 0 bridgehead atoms. The third-order valence-electron chi connectivity index (χ3n) is 4.05. The minimum Gasteiger partial charge on any atom is -0.508 e. The number of phenols is 1. The van der Waals surface area contributed by atoms with E-state index in [2.05, 4.69) is 15.5 Å². The number of hydrazone groups is 1. The molecule has 0 saturated carbocycles. The molecule has 0 aliphatic heterocycles. The van der Waals surface area contributed by atoms with Crippen molar-refractivity contribution < 1.29 is 9.90 Å². The number of phenolic OH excluding ortho intramolecular Hbond substituents is 1.